The van der Waals surface area contributed by atoms with Crippen molar-refractivity contribution >= 4 is 0 Å². The lowest BCUT2D eigenvalue weighted by Gasteiger charge is -2.38. The van der Waals surface area contributed by atoms with Gasteiger partial charge in [0.15, 0.2) is 0 Å². The second-order valence-electron chi connectivity index (χ2n) is 3.01. The number of hydrogen-bond donors (Lipinski definition) is 0. The smallest absolute Gasteiger partial charge is 0.0909 e. The molecule has 1 fully saturated rings. The Morgan fingerprint density at radius 2 is 2.60 bits per heavy atom. The lowest BCUT2D eigenvalue weighted by Crippen LogP contribution is -2.44. The zero-order valence-electron chi connectivity index (χ0n) is 6.34. The average Bonchev–Trinajstić information content (AvgIpc) is 2.06. The van der Waals surface area contributed by atoms with Gasteiger partial charge in [0.1, 0.15) is 0 Å². The Kier molecular flexibility index (Phi) is 1.51. The second-order valence-corrected chi connectivity index (χ2v) is 3.01. The molecule has 0 amide bonds. The molecule has 56 valence electrons. The predicted octanol–water partition coefficient (Wildman–Crippen LogP) is 0.647. The van der Waals surface area contributed by atoms with Gasteiger partial charge in [0.25, 0.3) is 0 Å². The first-order valence-electron chi connectivity index (χ1n) is 3.84. The monoisotopic (exact) mass is 139 g/mol. The van der Waals surface area contributed by atoms with Crippen molar-refractivity contribution in [1.82, 2.24) is 4.90 Å². The Bertz CT molecular complexity index is 165. The van der Waals surface area contributed by atoms with Crippen molar-refractivity contribution < 1.29 is 4.74 Å². The van der Waals surface area contributed by atoms with Crippen LogP contribution in [0, 0.1) is 0 Å². The van der Waals surface area contributed by atoms with E-state index in [1.54, 1.807) is 7.11 Å². The summed E-state index contributed by atoms with van der Waals surface area (Å²) >= 11 is 0. The third kappa shape index (κ3) is 0.879. The Hall–Kier alpha value is -0.340. The van der Waals surface area contributed by atoms with Crippen LogP contribution in [0.25, 0.3) is 0 Å². The molecule has 2 unspecified atom stereocenters. The van der Waals surface area contributed by atoms with Gasteiger partial charge in [0.05, 0.1) is 6.10 Å². The molecule has 2 bridgehead atoms. The highest BCUT2D eigenvalue weighted by Crippen LogP contribution is 2.23. The Labute approximate surface area is 61.5 Å². The third-order valence-corrected chi connectivity index (χ3v) is 2.45. The fourth-order valence-electron chi connectivity index (χ4n) is 1.76. The maximum atomic E-state index is 5.32. The first kappa shape index (κ1) is 6.38. The van der Waals surface area contributed by atoms with E-state index in [4.69, 9.17) is 4.74 Å². The maximum absolute atomic E-state index is 5.32. The fraction of sp³-hybridized carbons (Fsp3) is 0.750. The van der Waals surface area contributed by atoms with Gasteiger partial charge in [0, 0.05) is 26.7 Å². The molecule has 0 aromatic rings. The van der Waals surface area contributed by atoms with E-state index in [1.165, 1.54) is 18.5 Å². The summed E-state index contributed by atoms with van der Waals surface area (Å²) in [6, 6.07) is 0. The molecule has 10 heavy (non-hydrogen) atoms. The van der Waals surface area contributed by atoms with Gasteiger partial charge in [-0.05, 0) is 12.0 Å². The molecule has 3 heterocycles. The number of fused-ring (bicyclic) bond motifs is 3. The van der Waals surface area contributed by atoms with Crippen LogP contribution in [0.15, 0.2) is 11.6 Å². The zero-order valence-corrected chi connectivity index (χ0v) is 6.34. The molecule has 1 saturated heterocycles. The van der Waals surface area contributed by atoms with Crippen LogP contribution in [-0.4, -0.2) is 37.7 Å². The molecular formula is C8H13NO. The van der Waals surface area contributed by atoms with Crippen molar-refractivity contribution in [2.75, 3.05) is 26.7 Å². The van der Waals surface area contributed by atoms with E-state index in [0.717, 1.165) is 13.1 Å². The van der Waals surface area contributed by atoms with Gasteiger partial charge in [-0.25, -0.2) is 0 Å². The summed E-state index contributed by atoms with van der Waals surface area (Å²) in [7, 11) is 1.80. The summed E-state index contributed by atoms with van der Waals surface area (Å²) < 4.78 is 5.32. The molecule has 3 aliphatic rings. The predicted molar refractivity (Wildman–Crippen MR) is 39.9 cm³/mol. The minimum Gasteiger partial charge on any atom is -0.376 e. The fourth-order valence-corrected chi connectivity index (χ4v) is 1.76. The Morgan fingerprint density at radius 1 is 1.70 bits per heavy atom. The second kappa shape index (κ2) is 2.36. The van der Waals surface area contributed by atoms with Crippen LogP contribution >= 0.6 is 0 Å². The highest BCUT2D eigenvalue weighted by atomic mass is 16.5. The topological polar surface area (TPSA) is 12.5 Å². The minimum atomic E-state index is 0.405. The Balaban J connectivity index is 2.15. The molecular weight excluding hydrogens is 126 g/mol. The third-order valence-electron chi connectivity index (χ3n) is 2.45. The number of methoxy groups -OCH3 is 1. The van der Waals surface area contributed by atoms with Crippen LogP contribution in [0.5, 0.6) is 0 Å². The van der Waals surface area contributed by atoms with Crippen LogP contribution in [0.2, 0.25) is 0 Å². The van der Waals surface area contributed by atoms with E-state index < -0.39 is 0 Å². The highest BCUT2D eigenvalue weighted by molar-refractivity contribution is 5.17. The normalized spacial score (nSPS) is 37.9. The molecule has 3 rings (SSSR count). The Morgan fingerprint density at radius 3 is 2.90 bits per heavy atom. The van der Waals surface area contributed by atoms with E-state index in [-0.39, 0.29) is 0 Å². The summed E-state index contributed by atoms with van der Waals surface area (Å²) in [6.45, 7) is 3.50. The molecule has 0 aromatic heterocycles. The maximum Gasteiger partial charge on any atom is 0.0909 e. The molecule has 2 heteroatoms. The molecule has 2 atom stereocenters. The van der Waals surface area contributed by atoms with Gasteiger partial charge in [0.2, 0.25) is 0 Å². The lowest BCUT2D eigenvalue weighted by molar-refractivity contribution is 0.0616. The van der Waals surface area contributed by atoms with Gasteiger partial charge in [-0.2, -0.15) is 0 Å². The number of hydrogen-bond acceptors (Lipinski definition) is 2. The van der Waals surface area contributed by atoms with Gasteiger partial charge in [-0.3, -0.25) is 4.90 Å². The van der Waals surface area contributed by atoms with Gasteiger partial charge in [-0.15, -0.1) is 0 Å². The van der Waals surface area contributed by atoms with E-state index in [1.807, 2.05) is 0 Å². The van der Waals surface area contributed by atoms with E-state index in [0.29, 0.717) is 6.10 Å². The molecule has 0 N–H and O–H groups in total. The van der Waals surface area contributed by atoms with Gasteiger partial charge < -0.3 is 4.74 Å². The molecule has 0 aromatic carbocycles. The molecule has 2 nitrogen and oxygen atoms in total. The SMILES string of the molecule is COC1CN2CC=C1CC2. The van der Waals surface area contributed by atoms with Crippen molar-refractivity contribution in [3.05, 3.63) is 11.6 Å². The van der Waals surface area contributed by atoms with Crippen molar-refractivity contribution in [2.24, 2.45) is 0 Å². The van der Waals surface area contributed by atoms with Crippen molar-refractivity contribution in [3.63, 3.8) is 0 Å². The largest absolute Gasteiger partial charge is 0.376 e. The number of piperidine rings is 1. The number of ether oxygens (including phenoxy) is 1. The summed E-state index contributed by atoms with van der Waals surface area (Å²) in [5.41, 5.74) is 1.52. The minimum absolute atomic E-state index is 0.405. The van der Waals surface area contributed by atoms with Crippen LogP contribution in [0.3, 0.4) is 0 Å². The van der Waals surface area contributed by atoms with Crippen LogP contribution in [-0.2, 0) is 4.74 Å². The van der Waals surface area contributed by atoms with Crippen molar-refractivity contribution in [3.8, 4) is 0 Å². The summed E-state index contributed by atoms with van der Waals surface area (Å²) in [5.74, 6) is 0. The van der Waals surface area contributed by atoms with Crippen molar-refractivity contribution in [1.29, 1.82) is 0 Å². The van der Waals surface area contributed by atoms with E-state index in [2.05, 4.69) is 11.0 Å². The van der Waals surface area contributed by atoms with Gasteiger partial charge in [-0.1, -0.05) is 6.08 Å². The molecule has 0 radical (unpaired) electrons. The first-order chi connectivity index (χ1) is 4.90. The quantitative estimate of drug-likeness (QED) is 0.494. The molecule has 0 aliphatic carbocycles. The van der Waals surface area contributed by atoms with Gasteiger partial charge >= 0.3 is 0 Å². The summed E-state index contributed by atoms with van der Waals surface area (Å²) in [6.07, 6.45) is 3.93. The summed E-state index contributed by atoms with van der Waals surface area (Å²) in [4.78, 5) is 2.43. The van der Waals surface area contributed by atoms with Crippen LogP contribution in [0.1, 0.15) is 6.42 Å². The first-order valence-corrected chi connectivity index (χ1v) is 3.84. The molecule has 0 saturated carbocycles. The van der Waals surface area contributed by atoms with E-state index in [9.17, 15) is 0 Å². The standard InChI is InChI=1S/C8H13NO/c1-10-8-6-9-4-2-7(8)3-5-9/h2,8H,3-6H2,1H3. The summed E-state index contributed by atoms with van der Waals surface area (Å²) in [5, 5.41) is 0. The number of nitrogens with zero attached hydrogens (tertiary/aromatic N) is 1. The molecule has 3 aliphatic heterocycles. The lowest BCUT2D eigenvalue weighted by atomic mass is 9.96. The van der Waals surface area contributed by atoms with Crippen LogP contribution < -0.4 is 0 Å². The molecule has 0 spiro atoms. The zero-order chi connectivity index (χ0) is 6.97. The highest BCUT2D eigenvalue weighted by Gasteiger charge is 2.26. The van der Waals surface area contributed by atoms with E-state index >= 15 is 0 Å². The number of rotatable bonds is 1. The van der Waals surface area contributed by atoms with Crippen LogP contribution in [0.4, 0.5) is 0 Å². The average molecular weight is 139 g/mol. The van der Waals surface area contributed by atoms with Crippen molar-refractivity contribution in [2.45, 2.75) is 12.5 Å².